The van der Waals surface area contributed by atoms with Crippen molar-refractivity contribution < 1.29 is 9.63 Å². The molecule has 82 valence electrons. The first-order chi connectivity index (χ1) is 7.29. The van der Waals surface area contributed by atoms with Crippen molar-refractivity contribution in [3.63, 3.8) is 0 Å². The highest BCUT2D eigenvalue weighted by atomic mass is 16.7. The third-order valence-electron chi connectivity index (χ3n) is 1.94. The van der Waals surface area contributed by atoms with Crippen LogP contribution in [0.1, 0.15) is 26.7 Å². The van der Waals surface area contributed by atoms with Gasteiger partial charge in [0.1, 0.15) is 0 Å². The van der Waals surface area contributed by atoms with Crippen LogP contribution >= 0.6 is 0 Å². The molecule has 3 heteroatoms. The van der Waals surface area contributed by atoms with E-state index in [0.29, 0.717) is 13.0 Å². The van der Waals surface area contributed by atoms with Gasteiger partial charge in [0.15, 0.2) is 0 Å². The lowest BCUT2D eigenvalue weighted by atomic mass is 10.3. The fraction of sp³-hybridized carbons (Fsp3) is 0.417. The van der Waals surface area contributed by atoms with Crippen molar-refractivity contribution in [1.82, 2.24) is 0 Å². The molecule has 0 atom stereocenters. The molecule has 0 N–H and O–H groups in total. The van der Waals surface area contributed by atoms with Crippen molar-refractivity contribution in [3.05, 3.63) is 30.3 Å². The number of hydroxylamine groups is 1. The molecular weight excluding hydrogens is 190 g/mol. The van der Waals surface area contributed by atoms with Crippen LogP contribution in [0.25, 0.3) is 0 Å². The lowest BCUT2D eigenvalue weighted by molar-refractivity contribution is -0.125. The summed E-state index contributed by atoms with van der Waals surface area (Å²) in [7, 11) is 0. The number of benzene rings is 1. The summed E-state index contributed by atoms with van der Waals surface area (Å²) in [6, 6.07) is 9.42. The Hall–Kier alpha value is -1.35. The highest BCUT2D eigenvalue weighted by molar-refractivity contribution is 5.91. The van der Waals surface area contributed by atoms with Crippen molar-refractivity contribution in [2.75, 3.05) is 11.7 Å². The minimum absolute atomic E-state index is 0.00514. The smallest absolute Gasteiger partial charge is 0.250 e. The lowest BCUT2D eigenvalue weighted by Gasteiger charge is -2.20. The highest BCUT2D eigenvalue weighted by Gasteiger charge is 2.14. The van der Waals surface area contributed by atoms with Crippen LogP contribution in [0.4, 0.5) is 5.69 Å². The zero-order valence-corrected chi connectivity index (χ0v) is 9.27. The van der Waals surface area contributed by atoms with Crippen LogP contribution in [0.3, 0.4) is 0 Å². The van der Waals surface area contributed by atoms with Gasteiger partial charge < -0.3 is 0 Å². The van der Waals surface area contributed by atoms with E-state index in [9.17, 15) is 4.79 Å². The van der Waals surface area contributed by atoms with Gasteiger partial charge in [0, 0.05) is 6.42 Å². The fourth-order valence-electron chi connectivity index (χ4n) is 1.30. The van der Waals surface area contributed by atoms with Gasteiger partial charge in [0.05, 0.1) is 12.3 Å². The number of carbonyl (C=O) groups excluding carboxylic acids is 1. The zero-order chi connectivity index (χ0) is 11.1. The van der Waals surface area contributed by atoms with Crippen molar-refractivity contribution in [2.45, 2.75) is 26.7 Å². The Bertz CT molecular complexity index is 298. The molecular formula is C12H17NO2. The summed E-state index contributed by atoms with van der Waals surface area (Å²) in [5.41, 5.74) is 0.790. The average Bonchev–Trinajstić information content (AvgIpc) is 2.27. The fourth-order valence-corrected chi connectivity index (χ4v) is 1.30. The summed E-state index contributed by atoms with van der Waals surface area (Å²) in [4.78, 5) is 17.1. The Morgan fingerprint density at radius 1 is 1.27 bits per heavy atom. The first-order valence-electron chi connectivity index (χ1n) is 5.30. The quantitative estimate of drug-likeness (QED) is 0.695. The average molecular weight is 207 g/mol. The molecule has 15 heavy (non-hydrogen) atoms. The number of hydrogen-bond donors (Lipinski definition) is 0. The summed E-state index contributed by atoms with van der Waals surface area (Å²) in [6.45, 7) is 4.34. The molecule has 0 aromatic heterocycles. The van der Waals surface area contributed by atoms with Crippen molar-refractivity contribution in [1.29, 1.82) is 0 Å². The molecule has 1 amide bonds. The van der Waals surface area contributed by atoms with Crippen LogP contribution in [-0.4, -0.2) is 12.5 Å². The van der Waals surface area contributed by atoms with E-state index >= 15 is 0 Å². The first kappa shape index (κ1) is 11.7. The second-order valence-corrected chi connectivity index (χ2v) is 3.19. The SMILES string of the molecule is CCCC(=O)N(OCC)c1ccccc1. The maximum atomic E-state index is 11.7. The number of nitrogens with zero attached hydrogens (tertiary/aromatic N) is 1. The second-order valence-electron chi connectivity index (χ2n) is 3.19. The van der Waals surface area contributed by atoms with Crippen molar-refractivity contribution in [2.24, 2.45) is 0 Å². The van der Waals surface area contributed by atoms with Crippen LogP contribution < -0.4 is 5.06 Å². The van der Waals surface area contributed by atoms with Gasteiger partial charge in [-0.05, 0) is 25.5 Å². The molecule has 0 spiro atoms. The van der Waals surface area contributed by atoms with Gasteiger partial charge in [-0.25, -0.2) is 0 Å². The van der Waals surface area contributed by atoms with Gasteiger partial charge in [0.25, 0.3) is 5.91 Å². The van der Waals surface area contributed by atoms with Gasteiger partial charge in [-0.2, -0.15) is 5.06 Å². The molecule has 0 aliphatic heterocycles. The van der Waals surface area contributed by atoms with Gasteiger partial charge in [-0.3, -0.25) is 9.63 Å². The van der Waals surface area contributed by atoms with E-state index in [1.165, 1.54) is 5.06 Å². The van der Waals surface area contributed by atoms with Crippen molar-refractivity contribution >= 4 is 11.6 Å². The van der Waals surface area contributed by atoms with E-state index < -0.39 is 0 Å². The molecule has 1 rings (SSSR count). The summed E-state index contributed by atoms with van der Waals surface area (Å²) < 4.78 is 0. The molecule has 3 nitrogen and oxygen atoms in total. The summed E-state index contributed by atoms with van der Waals surface area (Å²) in [5, 5.41) is 1.38. The number of anilines is 1. The minimum Gasteiger partial charge on any atom is -0.272 e. The number of amides is 1. The maximum Gasteiger partial charge on any atom is 0.250 e. The molecule has 0 aliphatic carbocycles. The summed E-state index contributed by atoms with van der Waals surface area (Å²) in [6.07, 6.45) is 1.34. The van der Waals surface area contributed by atoms with E-state index in [2.05, 4.69) is 0 Å². The number of carbonyl (C=O) groups is 1. The Kier molecular flexibility index (Phi) is 4.84. The monoisotopic (exact) mass is 207 g/mol. The molecule has 0 heterocycles. The third kappa shape index (κ3) is 3.36. The van der Waals surface area contributed by atoms with Gasteiger partial charge in [-0.15, -0.1) is 0 Å². The third-order valence-corrected chi connectivity index (χ3v) is 1.94. The van der Waals surface area contributed by atoms with E-state index in [0.717, 1.165) is 12.1 Å². The molecule has 0 aliphatic rings. The largest absolute Gasteiger partial charge is 0.272 e. The Balaban J connectivity index is 2.78. The van der Waals surface area contributed by atoms with E-state index in [1.807, 2.05) is 44.2 Å². The highest BCUT2D eigenvalue weighted by Crippen LogP contribution is 2.15. The molecule has 0 saturated carbocycles. The van der Waals surface area contributed by atoms with E-state index in [1.54, 1.807) is 0 Å². The Labute approximate surface area is 90.6 Å². The van der Waals surface area contributed by atoms with Crippen molar-refractivity contribution in [3.8, 4) is 0 Å². The predicted molar refractivity (Wildman–Crippen MR) is 60.5 cm³/mol. The van der Waals surface area contributed by atoms with Crippen LogP contribution in [0.15, 0.2) is 30.3 Å². The molecule has 1 aromatic rings. The Morgan fingerprint density at radius 3 is 2.47 bits per heavy atom. The zero-order valence-electron chi connectivity index (χ0n) is 9.27. The lowest BCUT2D eigenvalue weighted by Crippen LogP contribution is -2.30. The van der Waals surface area contributed by atoms with Crippen LogP contribution in [0.2, 0.25) is 0 Å². The molecule has 0 saturated heterocycles. The topological polar surface area (TPSA) is 29.5 Å². The minimum atomic E-state index is 0.00514. The van der Waals surface area contributed by atoms with Crippen LogP contribution in [0.5, 0.6) is 0 Å². The van der Waals surface area contributed by atoms with Gasteiger partial charge >= 0.3 is 0 Å². The number of rotatable bonds is 5. The van der Waals surface area contributed by atoms with E-state index in [4.69, 9.17) is 4.84 Å². The predicted octanol–water partition coefficient (Wildman–Crippen LogP) is 2.77. The van der Waals surface area contributed by atoms with Crippen LogP contribution in [0, 0.1) is 0 Å². The molecule has 0 bridgehead atoms. The number of hydrogen-bond acceptors (Lipinski definition) is 2. The van der Waals surface area contributed by atoms with Gasteiger partial charge in [0.2, 0.25) is 0 Å². The standard InChI is InChI=1S/C12H17NO2/c1-3-8-12(14)13(15-4-2)11-9-6-5-7-10-11/h5-7,9-10H,3-4,8H2,1-2H3. The van der Waals surface area contributed by atoms with Gasteiger partial charge in [-0.1, -0.05) is 25.1 Å². The molecule has 0 radical (unpaired) electrons. The molecule has 0 fully saturated rings. The summed E-state index contributed by atoms with van der Waals surface area (Å²) >= 11 is 0. The summed E-state index contributed by atoms with van der Waals surface area (Å²) in [5.74, 6) is 0.00514. The van der Waals surface area contributed by atoms with E-state index in [-0.39, 0.29) is 5.91 Å². The first-order valence-corrected chi connectivity index (χ1v) is 5.30. The normalized spacial score (nSPS) is 10.0. The van der Waals surface area contributed by atoms with Crippen LogP contribution in [-0.2, 0) is 9.63 Å². The maximum absolute atomic E-state index is 11.7. The Morgan fingerprint density at radius 2 is 1.93 bits per heavy atom. The number of para-hydroxylation sites is 1. The second kappa shape index (κ2) is 6.19. The molecule has 0 unspecified atom stereocenters. The molecule has 1 aromatic carbocycles.